The highest BCUT2D eigenvalue weighted by Gasteiger charge is 2.35. The van der Waals surface area contributed by atoms with Crippen molar-refractivity contribution < 1.29 is 27.3 Å². The number of carbonyl (C=O) groups excluding carboxylic acids is 2. The zero-order valence-electron chi connectivity index (χ0n) is 17.1. The summed E-state index contributed by atoms with van der Waals surface area (Å²) in [6, 6.07) is 4.52. The predicted octanol–water partition coefficient (Wildman–Crippen LogP) is 3.16. The molecule has 10 heteroatoms. The number of aromatic nitrogens is 2. The maximum Gasteiger partial charge on any atom is 0.416 e. The van der Waals surface area contributed by atoms with Gasteiger partial charge in [0.1, 0.15) is 0 Å². The van der Waals surface area contributed by atoms with E-state index in [9.17, 15) is 22.8 Å². The first-order valence-electron chi connectivity index (χ1n) is 10.3. The van der Waals surface area contributed by atoms with Crippen molar-refractivity contribution in [1.82, 2.24) is 19.9 Å². The summed E-state index contributed by atoms with van der Waals surface area (Å²) in [4.78, 5) is 32.8. The highest BCUT2D eigenvalue weighted by atomic mass is 19.4. The van der Waals surface area contributed by atoms with Crippen LogP contribution in [0.5, 0.6) is 0 Å². The lowest BCUT2D eigenvalue weighted by Crippen LogP contribution is -2.57. The Bertz CT molecular complexity index is 971. The zero-order chi connectivity index (χ0) is 22.2. The van der Waals surface area contributed by atoms with Crippen molar-refractivity contribution >= 4 is 11.8 Å². The number of halogens is 3. The Balaban J connectivity index is 1.37. The third kappa shape index (κ3) is 4.57. The Labute approximate surface area is 177 Å². The van der Waals surface area contributed by atoms with Gasteiger partial charge in [-0.15, -0.1) is 0 Å². The first-order valence-corrected chi connectivity index (χ1v) is 10.3. The average molecular weight is 436 g/mol. The summed E-state index contributed by atoms with van der Waals surface area (Å²) in [5.74, 6) is 0.128. The fourth-order valence-corrected chi connectivity index (χ4v) is 3.92. The van der Waals surface area contributed by atoms with Crippen molar-refractivity contribution in [3.05, 3.63) is 35.7 Å². The van der Waals surface area contributed by atoms with Gasteiger partial charge in [0.2, 0.25) is 11.8 Å². The van der Waals surface area contributed by atoms with Crippen LogP contribution in [-0.2, 0) is 22.2 Å². The standard InChI is InChI=1S/C21H23F3N4O3/c1-13-12-27(8-9-28(13)20(30)14-4-2-5-14)18(29)11-17-25-19(31-26-17)15-6-3-7-16(10-15)21(22,23)24/h3,6-7,10,13-14H,2,4-5,8-9,11-12H2,1H3. The highest BCUT2D eigenvalue weighted by Crippen LogP contribution is 2.32. The molecule has 0 spiro atoms. The van der Waals surface area contributed by atoms with Crippen molar-refractivity contribution in [2.75, 3.05) is 19.6 Å². The molecule has 0 N–H and O–H groups in total. The molecule has 2 aliphatic rings. The molecule has 1 saturated heterocycles. The molecule has 1 aromatic carbocycles. The predicted molar refractivity (Wildman–Crippen MR) is 104 cm³/mol. The van der Waals surface area contributed by atoms with Crippen LogP contribution in [0, 0.1) is 5.92 Å². The first-order chi connectivity index (χ1) is 14.7. The summed E-state index contributed by atoms with van der Waals surface area (Å²) in [5.41, 5.74) is -0.679. The summed E-state index contributed by atoms with van der Waals surface area (Å²) in [7, 11) is 0. The molecule has 2 fully saturated rings. The molecule has 166 valence electrons. The fraction of sp³-hybridized carbons (Fsp3) is 0.524. The summed E-state index contributed by atoms with van der Waals surface area (Å²) in [6.45, 7) is 3.27. The van der Waals surface area contributed by atoms with Crippen LogP contribution in [-0.4, -0.2) is 57.4 Å². The Hall–Kier alpha value is -2.91. The number of amides is 2. The van der Waals surface area contributed by atoms with E-state index in [2.05, 4.69) is 10.1 Å². The van der Waals surface area contributed by atoms with E-state index in [0.717, 1.165) is 31.4 Å². The SMILES string of the molecule is CC1CN(C(=O)Cc2noc(-c3cccc(C(F)(F)F)c3)n2)CCN1C(=O)C1CCC1. The molecule has 4 rings (SSSR count). The smallest absolute Gasteiger partial charge is 0.338 e. The minimum absolute atomic E-state index is 0.0711. The zero-order valence-corrected chi connectivity index (χ0v) is 17.1. The molecule has 2 heterocycles. The summed E-state index contributed by atoms with van der Waals surface area (Å²) in [6.07, 6.45) is -1.62. The monoisotopic (exact) mass is 436 g/mol. The van der Waals surface area contributed by atoms with Gasteiger partial charge in [-0.3, -0.25) is 9.59 Å². The molecular formula is C21H23F3N4O3. The Kier molecular flexibility index (Phi) is 5.72. The van der Waals surface area contributed by atoms with Crippen molar-refractivity contribution in [2.24, 2.45) is 5.92 Å². The van der Waals surface area contributed by atoms with Gasteiger partial charge in [0.25, 0.3) is 5.89 Å². The van der Waals surface area contributed by atoms with Crippen LogP contribution in [0.4, 0.5) is 13.2 Å². The Morgan fingerprint density at radius 1 is 1.23 bits per heavy atom. The van der Waals surface area contributed by atoms with Crippen LogP contribution in [0.25, 0.3) is 11.5 Å². The van der Waals surface area contributed by atoms with Gasteiger partial charge in [-0.05, 0) is 38.0 Å². The van der Waals surface area contributed by atoms with E-state index in [-0.39, 0.29) is 47.5 Å². The third-order valence-corrected chi connectivity index (χ3v) is 5.93. The molecule has 1 atom stereocenters. The maximum atomic E-state index is 12.9. The van der Waals surface area contributed by atoms with E-state index >= 15 is 0 Å². The lowest BCUT2D eigenvalue weighted by atomic mass is 9.84. The van der Waals surface area contributed by atoms with E-state index in [4.69, 9.17) is 4.52 Å². The van der Waals surface area contributed by atoms with E-state index in [1.807, 2.05) is 11.8 Å². The van der Waals surface area contributed by atoms with Crippen molar-refractivity contribution in [3.8, 4) is 11.5 Å². The van der Waals surface area contributed by atoms with E-state index in [0.29, 0.717) is 19.6 Å². The van der Waals surface area contributed by atoms with Crippen molar-refractivity contribution in [3.63, 3.8) is 0 Å². The molecule has 1 aliphatic carbocycles. The number of hydrogen-bond acceptors (Lipinski definition) is 5. The van der Waals surface area contributed by atoms with Gasteiger partial charge in [0.05, 0.1) is 12.0 Å². The van der Waals surface area contributed by atoms with E-state index < -0.39 is 11.7 Å². The minimum atomic E-state index is -4.48. The summed E-state index contributed by atoms with van der Waals surface area (Å²) < 4.78 is 43.8. The number of benzene rings is 1. The molecule has 2 amide bonds. The maximum absolute atomic E-state index is 12.9. The molecule has 1 unspecified atom stereocenters. The van der Waals surface area contributed by atoms with Crippen LogP contribution in [0.2, 0.25) is 0 Å². The van der Waals surface area contributed by atoms with Gasteiger partial charge in [-0.1, -0.05) is 17.6 Å². The van der Waals surface area contributed by atoms with Crippen LogP contribution in [0.1, 0.15) is 37.6 Å². The third-order valence-electron chi connectivity index (χ3n) is 5.93. The van der Waals surface area contributed by atoms with Gasteiger partial charge in [0.15, 0.2) is 5.82 Å². The van der Waals surface area contributed by atoms with Gasteiger partial charge in [-0.2, -0.15) is 18.2 Å². The lowest BCUT2D eigenvalue weighted by molar-refractivity contribution is -0.147. The second kappa shape index (κ2) is 8.32. The molecule has 1 aromatic heterocycles. The molecular weight excluding hydrogens is 413 g/mol. The molecule has 7 nitrogen and oxygen atoms in total. The molecule has 1 saturated carbocycles. The number of rotatable bonds is 4. The normalized spacial score (nSPS) is 19.9. The van der Waals surface area contributed by atoms with Crippen LogP contribution >= 0.6 is 0 Å². The van der Waals surface area contributed by atoms with Gasteiger partial charge >= 0.3 is 6.18 Å². The van der Waals surface area contributed by atoms with Gasteiger partial charge in [0, 0.05) is 37.2 Å². The topological polar surface area (TPSA) is 79.5 Å². The molecule has 1 aliphatic heterocycles. The van der Waals surface area contributed by atoms with E-state index in [1.54, 1.807) is 4.90 Å². The minimum Gasteiger partial charge on any atom is -0.338 e. The second-order valence-electron chi connectivity index (χ2n) is 8.12. The van der Waals surface area contributed by atoms with Gasteiger partial charge in [-0.25, -0.2) is 0 Å². The molecule has 0 bridgehead atoms. The largest absolute Gasteiger partial charge is 0.416 e. The highest BCUT2D eigenvalue weighted by molar-refractivity contribution is 5.81. The van der Waals surface area contributed by atoms with Crippen LogP contribution in [0.3, 0.4) is 0 Å². The number of hydrogen-bond donors (Lipinski definition) is 0. The number of alkyl halides is 3. The molecule has 31 heavy (non-hydrogen) atoms. The summed E-state index contributed by atoms with van der Waals surface area (Å²) in [5, 5.41) is 3.74. The quantitative estimate of drug-likeness (QED) is 0.736. The van der Waals surface area contributed by atoms with Crippen molar-refractivity contribution in [2.45, 2.75) is 44.8 Å². The molecule has 0 radical (unpaired) electrons. The van der Waals surface area contributed by atoms with Crippen LogP contribution in [0.15, 0.2) is 28.8 Å². The average Bonchev–Trinajstić information content (AvgIpc) is 3.14. The fourth-order valence-electron chi connectivity index (χ4n) is 3.92. The lowest BCUT2D eigenvalue weighted by Gasteiger charge is -2.42. The van der Waals surface area contributed by atoms with Crippen LogP contribution < -0.4 is 0 Å². The Morgan fingerprint density at radius 2 is 2.00 bits per heavy atom. The Morgan fingerprint density at radius 3 is 2.65 bits per heavy atom. The first kappa shape index (κ1) is 21.3. The molecule has 2 aromatic rings. The number of nitrogens with zero attached hydrogens (tertiary/aromatic N) is 4. The second-order valence-corrected chi connectivity index (χ2v) is 8.12. The number of carbonyl (C=O) groups is 2. The van der Waals surface area contributed by atoms with Crippen molar-refractivity contribution in [1.29, 1.82) is 0 Å². The van der Waals surface area contributed by atoms with E-state index in [1.165, 1.54) is 12.1 Å². The number of piperazine rings is 1. The summed E-state index contributed by atoms with van der Waals surface area (Å²) >= 11 is 0. The van der Waals surface area contributed by atoms with Gasteiger partial charge < -0.3 is 14.3 Å².